The second-order valence-corrected chi connectivity index (χ2v) is 5.74. The van der Waals surface area contributed by atoms with E-state index in [1.807, 2.05) is 0 Å². The van der Waals surface area contributed by atoms with Gasteiger partial charge in [0.05, 0.1) is 0 Å². The lowest BCUT2D eigenvalue weighted by Crippen LogP contribution is -3.00. The van der Waals surface area contributed by atoms with Crippen molar-refractivity contribution in [3.8, 4) is 0 Å². The van der Waals surface area contributed by atoms with E-state index in [0.717, 1.165) is 19.0 Å². The van der Waals surface area contributed by atoms with E-state index >= 15 is 0 Å². The van der Waals surface area contributed by atoms with Crippen LogP contribution in [0.1, 0.15) is 58.1 Å². The average Bonchev–Trinajstić information content (AvgIpc) is 2.58. The molecule has 0 aromatic heterocycles. The van der Waals surface area contributed by atoms with E-state index in [1.165, 1.54) is 24.0 Å². The first kappa shape index (κ1) is 24.9. The minimum absolute atomic E-state index is 0. The molecule has 0 radical (unpaired) electrons. The number of benzene rings is 2. The Bertz CT molecular complexity index is 480. The van der Waals surface area contributed by atoms with E-state index in [1.54, 1.807) is 0 Å². The van der Waals surface area contributed by atoms with Crippen LogP contribution in [-0.2, 0) is 6.54 Å². The lowest BCUT2D eigenvalue weighted by atomic mass is 9.94. The fourth-order valence-corrected chi connectivity index (χ4v) is 2.49. The Hall–Kier alpha value is -1.31. The summed E-state index contributed by atoms with van der Waals surface area (Å²) in [5, 5.41) is 0. The summed E-state index contributed by atoms with van der Waals surface area (Å²) in [6.07, 6.45) is 2.50. The molecule has 24 heavy (non-hydrogen) atoms. The Morgan fingerprint density at radius 2 is 1.25 bits per heavy atom. The summed E-state index contributed by atoms with van der Waals surface area (Å²) in [7, 11) is 2.13. The summed E-state index contributed by atoms with van der Waals surface area (Å²) < 4.78 is 0. The summed E-state index contributed by atoms with van der Waals surface area (Å²) in [5.41, 5.74) is 2.87. The highest BCUT2D eigenvalue weighted by atomic mass is 35.5. The van der Waals surface area contributed by atoms with Crippen LogP contribution in [0.5, 0.6) is 0 Å². The quantitative estimate of drug-likeness (QED) is 0.773. The van der Waals surface area contributed by atoms with E-state index in [0.29, 0.717) is 0 Å². The van der Waals surface area contributed by atoms with Crippen molar-refractivity contribution in [1.82, 2.24) is 4.90 Å². The van der Waals surface area contributed by atoms with Crippen molar-refractivity contribution >= 4 is 0 Å². The third-order valence-electron chi connectivity index (χ3n) is 4.09. The van der Waals surface area contributed by atoms with Crippen LogP contribution in [-0.4, -0.2) is 18.5 Å². The predicted octanol–water partition coefficient (Wildman–Crippen LogP) is 3.37. The maximum Gasteiger partial charge on any atom is 0.0230 e. The smallest absolute Gasteiger partial charge is 0.0230 e. The van der Waals surface area contributed by atoms with Gasteiger partial charge in [-0.05, 0) is 43.5 Å². The Kier molecular flexibility index (Phi) is 15.8. The molecule has 0 bridgehead atoms. The summed E-state index contributed by atoms with van der Waals surface area (Å²) in [6, 6.07) is 21.3. The van der Waals surface area contributed by atoms with Gasteiger partial charge in [-0.1, -0.05) is 88.9 Å². The van der Waals surface area contributed by atoms with Crippen LogP contribution in [0.2, 0.25) is 0 Å². The zero-order valence-corrected chi connectivity index (χ0v) is 15.8. The third kappa shape index (κ3) is 9.75. The fraction of sp³-hybridized carbons (Fsp3) is 0.455. The maximum absolute atomic E-state index is 2.29. The average molecular weight is 349 g/mol. The van der Waals surface area contributed by atoms with E-state index in [9.17, 15) is 0 Å². The molecule has 0 aliphatic carbocycles. The molecule has 0 saturated carbocycles. The van der Waals surface area contributed by atoms with Crippen molar-refractivity contribution in [2.75, 3.05) is 13.6 Å². The van der Waals surface area contributed by atoms with Crippen LogP contribution in [0.3, 0.4) is 0 Å². The lowest BCUT2D eigenvalue weighted by Gasteiger charge is -2.12. The molecule has 136 valence electrons. The molecule has 0 fully saturated rings. The van der Waals surface area contributed by atoms with Crippen LogP contribution >= 0.6 is 0 Å². The molecule has 0 spiro atoms. The molecule has 0 aliphatic heterocycles. The highest BCUT2D eigenvalue weighted by Gasteiger charge is 2.04. The normalized spacial score (nSPS) is 9.58. The van der Waals surface area contributed by atoms with E-state index in [4.69, 9.17) is 0 Å². The second-order valence-electron chi connectivity index (χ2n) is 5.74. The van der Waals surface area contributed by atoms with Gasteiger partial charge in [-0.15, -0.1) is 0 Å². The van der Waals surface area contributed by atoms with Crippen molar-refractivity contribution in [1.29, 1.82) is 0 Å². The van der Waals surface area contributed by atoms with Gasteiger partial charge in [0.1, 0.15) is 0 Å². The summed E-state index contributed by atoms with van der Waals surface area (Å²) in [5.74, 6) is 0.760. The van der Waals surface area contributed by atoms with Crippen LogP contribution in [0.4, 0.5) is 0 Å². The molecule has 0 amide bonds. The Morgan fingerprint density at radius 3 is 1.67 bits per heavy atom. The van der Waals surface area contributed by atoms with Gasteiger partial charge >= 0.3 is 0 Å². The first-order valence-corrected chi connectivity index (χ1v) is 8.48. The van der Waals surface area contributed by atoms with Gasteiger partial charge in [-0.3, -0.25) is 0 Å². The number of nitrogens with zero attached hydrogens (tertiary/aromatic N) is 1. The Morgan fingerprint density at radius 1 is 0.792 bits per heavy atom. The summed E-state index contributed by atoms with van der Waals surface area (Å²) in [6.45, 7) is 8.83. The largest absolute Gasteiger partial charge is 1.00 e. The van der Waals surface area contributed by atoms with Crippen LogP contribution in [0.15, 0.2) is 60.7 Å². The van der Waals surface area contributed by atoms with Crippen LogP contribution in [0.25, 0.3) is 0 Å². The minimum atomic E-state index is 0. The lowest BCUT2D eigenvalue weighted by molar-refractivity contribution is -0.00000518. The highest BCUT2D eigenvalue weighted by Crippen LogP contribution is 2.21. The molecule has 1 nitrogen and oxygen atoms in total. The second kappa shape index (κ2) is 15.2. The van der Waals surface area contributed by atoms with Gasteiger partial charge < -0.3 is 17.3 Å². The van der Waals surface area contributed by atoms with Gasteiger partial charge in [0.2, 0.25) is 0 Å². The van der Waals surface area contributed by atoms with Gasteiger partial charge in [0, 0.05) is 6.54 Å². The maximum atomic E-state index is 2.29. The zero-order valence-electron chi connectivity index (χ0n) is 15.0. The number of rotatable bonds is 6. The number of halogens is 1. The molecule has 0 unspecified atom stereocenters. The molecule has 0 saturated heterocycles. The Balaban J connectivity index is 0. The first-order valence-electron chi connectivity index (χ1n) is 8.48. The molecule has 2 aromatic carbocycles. The molecule has 2 aromatic rings. The molecule has 0 aliphatic rings. The van der Waals surface area contributed by atoms with Gasteiger partial charge in [-0.25, -0.2) is 0 Å². The molecular formula is C22H35ClN-. The van der Waals surface area contributed by atoms with Crippen molar-refractivity contribution in [3.63, 3.8) is 0 Å². The van der Waals surface area contributed by atoms with Crippen molar-refractivity contribution in [2.24, 2.45) is 0 Å². The minimum Gasteiger partial charge on any atom is -1.00 e. The zero-order chi connectivity index (χ0) is 16.2. The first-order chi connectivity index (χ1) is 10.7. The standard InChI is InChI=1S/C11H16.C10H15N.CH4.ClH/c1-3-10(4-2)11-8-6-5-7-9-11;1-3-11(2)9-10-7-5-4-6-8-10;;/h5-10H,3-4H2,1-2H3;4-8H,3,9H2,1-2H3;1H4;1H/p-1. The van der Waals surface area contributed by atoms with E-state index in [-0.39, 0.29) is 19.8 Å². The highest BCUT2D eigenvalue weighted by molar-refractivity contribution is 5.19. The molecule has 0 heterocycles. The monoisotopic (exact) mass is 348 g/mol. The molecular weight excluding hydrogens is 314 g/mol. The summed E-state index contributed by atoms with van der Waals surface area (Å²) in [4.78, 5) is 2.29. The van der Waals surface area contributed by atoms with Crippen LogP contribution < -0.4 is 12.4 Å². The molecule has 0 atom stereocenters. The SMILES string of the molecule is C.CCC(CC)c1ccccc1.CCN(C)Cc1ccccc1.[Cl-]. The third-order valence-corrected chi connectivity index (χ3v) is 4.09. The van der Waals surface area contributed by atoms with E-state index < -0.39 is 0 Å². The molecule has 0 N–H and O–H groups in total. The van der Waals surface area contributed by atoms with Gasteiger partial charge in [0.15, 0.2) is 0 Å². The van der Waals surface area contributed by atoms with Gasteiger partial charge in [0.25, 0.3) is 0 Å². The summed E-state index contributed by atoms with van der Waals surface area (Å²) >= 11 is 0. The number of hydrogen-bond donors (Lipinski definition) is 0. The van der Waals surface area contributed by atoms with Crippen molar-refractivity contribution < 1.29 is 12.4 Å². The Labute approximate surface area is 156 Å². The van der Waals surface area contributed by atoms with Crippen molar-refractivity contribution in [3.05, 3.63) is 71.8 Å². The fourth-order valence-electron chi connectivity index (χ4n) is 2.49. The molecule has 2 heteroatoms. The predicted molar refractivity (Wildman–Crippen MR) is 105 cm³/mol. The molecule has 2 rings (SSSR count). The van der Waals surface area contributed by atoms with Gasteiger partial charge in [-0.2, -0.15) is 0 Å². The number of hydrogen-bond acceptors (Lipinski definition) is 1. The van der Waals surface area contributed by atoms with E-state index in [2.05, 4.69) is 93.4 Å². The van der Waals surface area contributed by atoms with Crippen LogP contribution in [0, 0.1) is 0 Å². The topological polar surface area (TPSA) is 3.24 Å². The van der Waals surface area contributed by atoms with Crippen molar-refractivity contribution in [2.45, 2.75) is 53.5 Å².